The Morgan fingerprint density at radius 3 is 2.37 bits per heavy atom. The van der Waals surface area contributed by atoms with E-state index in [1.807, 2.05) is 0 Å². The average Bonchev–Trinajstić information content (AvgIpc) is 2.60. The maximum Gasteiger partial charge on any atom is 0.336 e. The zero-order valence-corrected chi connectivity index (χ0v) is 11.7. The summed E-state index contributed by atoms with van der Waals surface area (Å²) in [4.78, 5) is 39.1. The molecule has 0 spiro atoms. The number of amides is 2. The second-order valence-corrected chi connectivity index (χ2v) is 5.18. The number of rotatable bonds is 7. The Morgan fingerprint density at radius 2 is 1.84 bits per heavy atom. The van der Waals surface area contributed by atoms with Crippen molar-refractivity contribution in [1.82, 2.24) is 5.06 Å². The Hall–Kier alpha value is -1.43. The van der Waals surface area contributed by atoms with Gasteiger partial charge in [-0.3, -0.25) is 9.59 Å². The van der Waals surface area contributed by atoms with E-state index in [4.69, 9.17) is 9.57 Å². The third-order valence-corrected chi connectivity index (χ3v) is 2.76. The summed E-state index contributed by atoms with van der Waals surface area (Å²) in [6.45, 7) is 6.17. The average molecular weight is 271 g/mol. The molecule has 0 bridgehead atoms. The molecular formula is C13H21NO5. The van der Waals surface area contributed by atoms with Gasteiger partial charge in [-0.25, -0.2) is 4.79 Å². The minimum Gasteiger partial charge on any atom is -0.375 e. The van der Waals surface area contributed by atoms with Crippen LogP contribution in [0.3, 0.4) is 0 Å². The van der Waals surface area contributed by atoms with Crippen LogP contribution in [0.15, 0.2) is 0 Å². The van der Waals surface area contributed by atoms with Crippen LogP contribution in [0, 0.1) is 0 Å². The zero-order valence-electron chi connectivity index (χ0n) is 11.7. The maximum absolute atomic E-state index is 11.7. The van der Waals surface area contributed by atoms with Gasteiger partial charge in [-0.2, -0.15) is 0 Å². The lowest BCUT2D eigenvalue weighted by atomic mass is 10.1. The smallest absolute Gasteiger partial charge is 0.336 e. The second-order valence-electron chi connectivity index (χ2n) is 5.18. The van der Waals surface area contributed by atoms with E-state index in [9.17, 15) is 14.4 Å². The van der Waals surface area contributed by atoms with Gasteiger partial charge in [0.05, 0.1) is 12.0 Å². The number of carbonyl (C=O) groups excluding carboxylic acids is 3. The van der Waals surface area contributed by atoms with Crippen molar-refractivity contribution in [2.24, 2.45) is 0 Å². The molecule has 108 valence electrons. The molecule has 1 rings (SSSR count). The van der Waals surface area contributed by atoms with Crippen molar-refractivity contribution >= 4 is 17.8 Å². The number of hydrogen-bond acceptors (Lipinski definition) is 5. The number of hydrogen-bond donors (Lipinski definition) is 0. The molecule has 1 fully saturated rings. The number of imide groups is 1. The molecule has 2 amide bonds. The molecule has 19 heavy (non-hydrogen) atoms. The van der Waals surface area contributed by atoms with Crippen molar-refractivity contribution in [3.8, 4) is 0 Å². The first-order chi connectivity index (χ1) is 8.85. The fraction of sp³-hybridized carbons (Fsp3) is 0.769. The minimum absolute atomic E-state index is 0.00618. The molecule has 0 aromatic carbocycles. The van der Waals surface area contributed by atoms with Crippen LogP contribution < -0.4 is 0 Å². The normalized spacial score (nSPS) is 16.1. The Labute approximate surface area is 113 Å². The lowest BCUT2D eigenvalue weighted by Gasteiger charge is -2.24. The SMILES string of the molecule is CCCCOC(C)(C)CC(=O)ON1C(=O)CCC1=O. The Bertz CT molecular complexity index is 348. The number of hydroxylamine groups is 2. The highest BCUT2D eigenvalue weighted by atomic mass is 16.7. The predicted molar refractivity (Wildman–Crippen MR) is 66.7 cm³/mol. The van der Waals surface area contributed by atoms with Gasteiger partial charge in [-0.15, -0.1) is 5.06 Å². The van der Waals surface area contributed by atoms with Gasteiger partial charge >= 0.3 is 5.97 Å². The largest absolute Gasteiger partial charge is 0.375 e. The topological polar surface area (TPSA) is 72.9 Å². The molecule has 0 saturated carbocycles. The van der Waals surface area contributed by atoms with Crippen molar-refractivity contribution in [2.75, 3.05) is 6.61 Å². The van der Waals surface area contributed by atoms with Crippen molar-refractivity contribution < 1.29 is 24.0 Å². The molecule has 6 heteroatoms. The molecule has 0 aliphatic carbocycles. The molecule has 1 aliphatic heterocycles. The first-order valence-electron chi connectivity index (χ1n) is 6.56. The fourth-order valence-corrected chi connectivity index (χ4v) is 1.68. The summed E-state index contributed by atoms with van der Waals surface area (Å²) in [7, 11) is 0. The van der Waals surface area contributed by atoms with Gasteiger partial charge in [0.2, 0.25) is 0 Å². The summed E-state index contributed by atoms with van der Waals surface area (Å²) in [5.41, 5.74) is -0.669. The Balaban J connectivity index is 2.41. The van der Waals surface area contributed by atoms with Gasteiger partial charge in [-0.1, -0.05) is 13.3 Å². The molecule has 1 heterocycles. The minimum atomic E-state index is -0.669. The van der Waals surface area contributed by atoms with Crippen LogP contribution in [0.2, 0.25) is 0 Å². The summed E-state index contributed by atoms with van der Waals surface area (Å²) < 4.78 is 5.57. The molecule has 0 aromatic heterocycles. The fourth-order valence-electron chi connectivity index (χ4n) is 1.68. The molecule has 0 aromatic rings. The molecule has 1 saturated heterocycles. The standard InChI is InChI=1S/C13H21NO5/c1-4-5-8-18-13(2,3)9-12(17)19-14-10(15)6-7-11(14)16/h4-9H2,1-3H3. The van der Waals surface area contributed by atoms with Crippen LogP contribution in [0.25, 0.3) is 0 Å². The molecule has 1 aliphatic rings. The van der Waals surface area contributed by atoms with E-state index in [1.165, 1.54) is 0 Å². The van der Waals surface area contributed by atoms with Gasteiger partial charge < -0.3 is 9.57 Å². The van der Waals surface area contributed by atoms with E-state index >= 15 is 0 Å². The Kier molecular flexibility index (Phi) is 5.47. The lowest BCUT2D eigenvalue weighted by Crippen LogP contribution is -2.36. The monoisotopic (exact) mass is 271 g/mol. The van der Waals surface area contributed by atoms with Crippen LogP contribution >= 0.6 is 0 Å². The maximum atomic E-state index is 11.7. The van der Waals surface area contributed by atoms with E-state index in [0.29, 0.717) is 11.7 Å². The molecule has 0 unspecified atom stereocenters. The van der Waals surface area contributed by atoms with Crippen LogP contribution in [0.5, 0.6) is 0 Å². The van der Waals surface area contributed by atoms with Crippen LogP contribution in [0.4, 0.5) is 0 Å². The van der Waals surface area contributed by atoms with E-state index in [-0.39, 0.29) is 19.3 Å². The second kappa shape index (κ2) is 6.65. The van der Waals surface area contributed by atoms with Gasteiger partial charge in [0.25, 0.3) is 11.8 Å². The van der Waals surface area contributed by atoms with E-state index in [1.54, 1.807) is 13.8 Å². The quantitative estimate of drug-likeness (QED) is 0.519. The zero-order chi connectivity index (χ0) is 14.5. The summed E-state index contributed by atoms with van der Waals surface area (Å²) >= 11 is 0. The summed E-state index contributed by atoms with van der Waals surface area (Å²) in [5.74, 6) is -1.57. The van der Waals surface area contributed by atoms with Crippen molar-refractivity contribution in [2.45, 2.75) is 58.5 Å². The highest BCUT2D eigenvalue weighted by molar-refractivity contribution is 6.01. The molecule has 0 radical (unpaired) electrons. The first kappa shape index (κ1) is 15.6. The number of ether oxygens (including phenoxy) is 1. The van der Waals surface area contributed by atoms with Gasteiger partial charge in [0, 0.05) is 19.4 Å². The molecule has 0 N–H and O–H groups in total. The number of nitrogens with zero attached hydrogens (tertiary/aromatic N) is 1. The van der Waals surface area contributed by atoms with Gasteiger partial charge in [0.1, 0.15) is 0 Å². The van der Waals surface area contributed by atoms with Crippen molar-refractivity contribution in [1.29, 1.82) is 0 Å². The third-order valence-electron chi connectivity index (χ3n) is 2.76. The van der Waals surface area contributed by atoms with E-state index in [0.717, 1.165) is 12.8 Å². The predicted octanol–water partition coefficient (Wildman–Crippen LogP) is 1.58. The number of unbranched alkanes of at least 4 members (excludes halogenated alkanes) is 1. The van der Waals surface area contributed by atoms with Crippen molar-refractivity contribution in [3.05, 3.63) is 0 Å². The van der Waals surface area contributed by atoms with Gasteiger partial charge in [0.15, 0.2) is 0 Å². The molecule has 0 atom stereocenters. The third kappa shape index (κ3) is 4.98. The highest BCUT2D eigenvalue weighted by Crippen LogP contribution is 2.18. The van der Waals surface area contributed by atoms with Crippen LogP contribution in [-0.2, 0) is 24.0 Å². The van der Waals surface area contributed by atoms with E-state index < -0.39 is 23.4 Å². The van der Waals surface area contributed by atoms with Crippen LogP contribution in [0.1, 0.15) is 52.9 Å². The van der Waals surface area contributed by atoms with Crippen molar-refractivity contribution in [3.63, 3.8) is 0 Å². The first-order valence-corrected chi connectivity index (χ1v) is 6.56. The summed E-state index contributed by atoms with van der Waals surface area (Å²) in [5, 5.41) is 0.560. The lowest BCUT2D eigenvalue weighted by molar-refractivity contribution is -0.200. The van der Waals surface area contributed by atoms with Crippen LogP contribution in [-0.4, -0.2) is 35.1 Å². The van der Waals surface area contributed by atoms with Gasteiger partial charge in [-0.05, 0) is 20.3 Å². The summed E-state index contributed by atoms with van der Waals surface area (Å²) in [6.07, 6.45) is 2.12. The van der Waals surface area contributed by atoms with E-state index in [2.05, 4.69) is 6.92 Å². The molecule has 6 nitrogen and oxygen atoms in total. The number of carbonyl (C=O) groups is 3. The summed E-state index contributed by atoms with van der Waals surface area (Å²) in [6, 6.07) is 0. The highest BCUT2D eigenvalue weighted by Gasteiger charge is 2.34. The Morgan fingerprint density at radius 1 is 1.26 bits per heavy atom. The molecular weight excluding hydrogens is 250 g/mol.